The van der Waals surface area contributed by atoms with Crippen molar-refractivity contribution in [3.63, 3.8) is 0 Å². The molecule has 0 aromatic carbocycles. The fraction of sp³-hybridized carbons (Fsp3) is 0.400. The molecule has 6 heteroatoms. The molecule has 0 saturated carbocycles. The molecule has 0 bridgehead atoms. The largest absolute Gasteiger partial charge is 0.366 e. The zero-order valence-corrected chi connectivity index (χ0v) is 13.5. The smallest absolute Gasteiger partial charge is 0.167 e. The van der Waals surface area contributed by atoms with Crippen LogP contribution in [-0.4, -0.2) is 35.7 Å². The van der Waals surface area contributed by atoms with Crippen LogP contribution in [0.5, 0.6) is 0 Å². The van der Waals surface area contributed by atoms with Crippen molar-refractivity contribution >= 4 is 17.2 Å². The first-order valence-corrected chi connectivity index (χ1v) is 7.65. The summed E-state index contributed by atoms with van der Waals surface area (Å²) < 4.78 is 0. The summed E-state index contributed by atoms with van der Waals surface area (Å²) in [5.41, 5.74) is 3.50. The Bertz CT molecular complexity index is 643. The molecule has 1 atom stereocenters. The van der Waals surface area contributed by atoms with Gasteiger partial charge in [0, 0.05) is 6.54 Å². The van der Waals surface area contributed by atoms with Gasteiger partial charge in [0.15, 0.2) is 5.82 Å². The molecule has 21 heavy (non-hydrogen) atoms. The minimum Gasteiger partial charge on any atom is -0.366 e. The van der Waals surface area contributed by atoms with Crippen molar-refractivity contribution in [2.75, 3.05) is 26.0 Å². The first-order valence-electron chi connectivity index (χ1n) is 6.71. The molecule has 0 aliphatic rings. The Balaban J connectivity index is 2.19. The molecule has 0 fully saturated rings. The third kappa shape index (κ3) is 3.38. The van der Waals surface area contributed by atoms with E-state index in [1.807, 2.05) is 27.9 Å². The molecule has 0 aliphatic carbocycles. The molecule has 110 valence electrons. The highest BCUT2D eigenvalue weighted by atomic mass is 32.1. The Kier molecular flexibility index (Phi) is 4.89. The molecule has 2 aromatic heterocycles. The molecule has 0 saturated heterocycles. The summed E-state index contributed by atoms with van der Waals surface area (Å²) in [4.78, 5) is 2.15. The van der Waals surface area contributed by atoms with Gasteiger partial charge in [-0.3, -0.25) is 0 Å². The molecule has 2 heterocycles. The van der Waals surface area contributed by atoms with Gasteiger partial charge in [-0.2, -0.15) is 21.7 Å². The minimum absolute atomic E-state index is 0.228. The molecule has 2 rings (SSSR count). The second-order valence-corrected chi connectivity index (χ2v) is 5.94. The summed E-state index contributed by atoms with van der Waals surface area (Å²) in [7, 11) is 4.09. The Morgan fingerprint density at radius 2 is 2.14 bits per heavy atom. The van der Waals surface area contributed by atoms with Crippen LogP contribution < -0.4 is 5.32 Å². The van der Waals surface area contributed by atoms with Crippen LogP contribution in [0, 0.1) is 25.2 Å². The van der Waals surface area contributed by atoms with Crippen LogP contribution in [0.15, 0.2) is 16.8 Å². The first-order chi connectivity index (χ1) is 10.0. The van der Waals surface area contributed by atoms with Crippen LogP contribution in [0.2, 0.25) is 0 Å². The van der Waals surface area contributed by atoms with Gasteiger partial charge in [0.25, 0.3) is 0 Å². The lowest BCUT2D eigenvalue weighted by atomic mass is 10.1. The Morgan fingerprint density at radius 3 is 2.71 bits per heavy atom. The van der Waals surface area contributed by atoms with Gasteiger partial charge in [-0.1, -0.05) is 0 Å². The number of hydrogen-bond donors (Lipinski definition) is 1. The third-order valence-corrected chi connectivity index (χ3v) is 4.28. The van der Waals surface area contributed by atoms with E-state index in [0.717, 1.165) is 11.3 Å². The number of rotatable bonds is 5. The zero-order chi connectivity index (χ0) is 15.4. The van der Waals surface area contributed by atoms with Gasteiger partial charge in [0.2, 0.25) is 0 Å². The molecule has 0 aliphatic heterocycles. The lowest BCUT2D eigenvalue weighted by molar-refractivity contribution is 0.312. The maximum Gasteiger partial charge on any atom is 0.167 e. The third-order valence-electron chi connectivity index (χ3n) is 3.58. The Hall–Kier alpha value is -1.97. The molecule has 0 spiro atoms. The van der Waals surface area contributed by atoms with E-state index in [1.54, 1.807) is 11.3 Å². The van der Waals surface area contributed by atoms with Crippen molar-refractivity contribution in [3.05, 3.63) is 39.2 Å². The van der Waals surface area contributed by atoms with Crippen LogP contribution in [0.3, 0.4) is 0 Å². The number of likely N-dealkylation sites (N-methyl/N-ethyl adjacent to an activating group) is 1. The quantitative estimate of drug-likeness (QED) is 0.920. The number of nitriles is 1. The Labute approximate surface area is 129 Å². The summed E-state index contributed by atoms with van der Waals surface area (Å²) in [5, 5.41) is 25.0. The van der Waals surface area contributed by atoms with E-state index < -0.39 is 0 Å². The van der Waals surface area contributed by atoms with Gasteiger partial charge in [-0.05, 0) is 55.9 Å². The number of aromatic nitrogens is 2. The van der Waals surface area contributed by atoms with Crippen molar-refractivity contribution in [2.45, 2.75) is 19.9 Å². The van der Waals surface area contributed by atoms with E-state index >= 15 is 0 Å². The number of thiophene rings is 1. The molecule has 1 N–H and O–H groups in total. The average Bonchev–Trinajstić information content (AvgIpc) is 2.96. The maximum absolute atomic E-state index is 9.32. The fourth-order valence-corrected chi connectivity index (χ4v) is 2.83. The topological polar surface area (TPSA) is 64.8 Å². The van der Waals surface area contributed by atoms with Gasteiger partial charge in [-0.25, -0.2) is 0 Å². The number of hydrogen-bond acceptors (Lipinski definition) is 6. The molecule has 5 nitrogen and oxygen atoms in total. The highest BCUT2D eigenvalue weighted by Gasteiger charge is 2.17. The molecule has 2 aromatic rings. The summed E-state index contributed by atoms with van der Waals surface area (Å²) in [5.74, 6) is 0.558. The SMILES string of the molecule is Cc1nnc(NCC(c2ccsc2)N(C)C)c(C#N)c1C. The van der Waals surface area contributed by atoms with Gasteiger partial charge in [0.1, 0.15) is 11.6 Å². The van der Waals surface area contributed by atoms with E-state index in [2.05, 4.69) is 43.3 Å². The van der Waals surface area contributed by atoms with Gasteiger partial charge in [0.05, 0.1) is 11.7 Å². The van der Waals surface area contributed by atoms with E-state index in [-0.39, 0.29) is 6.04 Å². The van der Waals surface area contributed by atoms with E-state index in [4.69, 9.17) is 0 Å². The van der Waals surface area contributed by atoms with E-state index in [0.29, 0.717) is 17.9 Å². The predicted molar refractivity (Wildman–Crippen MR) is 85.5 cm³/mol. The normalized spacial score (nSPS) is 12.2. The fourth-order valence-electron chi connectivity index (χ4n) is 2.13. The predicted octanol–water partition coefficient (Wildman–Crippen LogP) is 2.74. The number of nitrogens with one attached hydrogen (secondary N) is 1. The van der Waals surface area contributed by atoms with Crippen molar-refractivity contribution in [3.8, 4) is 6.07 Å². The van der Waals surface area contributed by atoms with Gasteiger partial charge in [-0.15, -0.1) is 5.10 Å². The Morgan fingerprint density at radius 1 is 1.38 bits per heavy atom. The maximum atomic E-state index is 9.32. The standard InChI is InChI=1S/C15H19N5S/c1-10-11(2)18-19-15(13(10)7-16)17-8-14(20(3)4)12-5-6-21-9-12/h5-6,9,14H,8H2,1-4H3,(H,17,19). The minimum atomic E-state index is 0.228. The second kappa shape index (κ2) is 6.66. The summed E-state index contributed by atoms with van der Waals surface area (Å²) in [6.45, 7) is 4.44. The summed E-state index contributed by atoms with van der Waals surface area (Å²) in [6.07, 6.45) is 0. The van der Waals surface area contributed by atoms with E-state index in [9.17, 15) is 5.26 Å². The highest BCUT2D eigenvalue weighted by Crippen LogP contribution is 2.23. The van der Waals surface area contributed by atoms with Crippen molar-refractivity contribution in [2.24, 2.45) is 0 Å². The average molecular weight is 301 g/mol. The van der Waals surface area contributed by atoms with Gasteiger partial charge >= 0.3 is 0 Å². The van der Waals surface area contributed by atoms with Crippen LogP contribution in [-0.2, 0) is 0 Å². The van der Waals surface area contributed by atoms with Crippen molar-refractivity contribution in [1.29, 1.82) is 5.26 Å². The number of nitrogens with zero attached hydrogens (tertiary/aromatic N) is 4. The van der Waals surface area contributed by atoms with Gasteiger partial charge < -0.3 is 10.2 Å². The number of aryl methyl sites for hydroxylation is 1. The second-order valence-electron chi connectivity index (χ2n) is 5.16. The summed E-state index contributed by atoms with van der Waals surface area (Å²) in [6, 6.07) is 4.56. The van der Waals surface area contributed by atoms with Crippen LogP contribution in [0.1, 0.15) is 28.4 Å². The van der Waals surface area contributed by atoms with Crippen LogP contribution in [0.4, 0.5) is 5.82 Å². The van der Waals surface area contributed by atoms with Crippen molar-refractivity contribution < 1.29 is 0 Å². The van der Waals surface area contributed by atoms with Crippen LogP contribution in [0.25, 0.3) is 0 Å². The molecule has 0 amide bonds. The molecule has 0 radical (unpaired) electrons. The van der Waals surface area contributed by atoms with Crippen molar-refractivity contribution in [1.82, 2.24) is 15.1 Å². The zero-order valence-electron chi connectivity index (χ0n) is 12.7. The molecular formula is C15H19N5S. The van der Waals surface area contributed by atoms with Crippen LogP contribution >= 0.6 is 11.3 Å². The lowest BCUT2D eigenvalue weighted by Gasteiger charge is -2.24. The monoisotopic (exact) mass is 301 g/mol. The highest BCUT2D eigenvalue weighted by molar-refractivity contribution is 7.07. The number of anilines is 1. The molecular weight excluding hydrogens is 282 g/mol. The first kappa shape index (κ1) is 15.4. The molecule has 1 unspecified atom stereocenters. The summed E-state index contributed by atoms with van der Waals surface area (Å²) >= 11 is 1.68. The van der Waals surface area contributed by atoms with E-state index in [1.165, 1.54) is 5.56 Å². The lowest BCUT2D eigenvalue weighted by Crippen LogP contribution is -2.27.